The molecule has 2 N–H and O–H groups in total. The van der Waals surface area contributed by atoms with Crippen molar-refractivity contribution in [1.82, 2.24) is 25.4 Å². The van der Waals surface area contributed by atoms with Gasteiger partial charge in [0.15, 0.2) is 12.4 Å². The highest BCUT2D eigenvalue weighted by Crippen LogP contribution is 2.26. The summed E-state index contributed by atoms with van der Waals surface area (Å²) in [5, 5.41) is 9.44. The average molecular weight is 570 g/mol. The molecule has 214 valence electrons. The number of carbonyl (C=O) groups excluding carboxylic acids is 2. The number of rotatable bonds is 9. The van der Waals surface area contributed by atoms with E-state index in [1.54, 1.807) is 31.2 Å². The minimum Gasteiger partial charge on any atom is -0.484 e. The van der Waals surface area contributed by atoms with Crippen molar-refractivity contribution in [2.24, 2.45) is 0 Å². The first-order valence-electron chi connectivity index (χ1n) is 12.3. The maximum Gasteiger partial charge on any atom is 0.422 e. The van der Waals surface area contributed by atoms with Gasteiger partial charge in [0.1, 0.15) is 11.4 Å². The number of benzene rings is 1. The van der Waals surface area contributed by atoms with Crippen molar-refractivity contribution in [1.29, 1.82) is 0 Å². The molecule has 0 saturated carbocycles. The zero-order valence-corrected chi connectivity index (χ0v) is 21.2. The fourth-order valence-electron chi connectivity index (χ4n) is 4.22. The van der Waals surface area contributed by atoms with Crippen LogP contribution in [0.3, 0.4) is 0 Å². The molecule has 1 aromatic carbocycles. The van der Waals surface area contributed by atoms with Crippen LogP contribution < -0.4 is 15.4 Å². The Morgan fingerprint density at radius 2 is 1.93 bits per heavy atom. The third kappa shape index (κ3) is 7.51. The van der Waals surface area contributed by atoms with E-state index in [-0.39, 0.29) is 34.9 Å². The number of hydrogen-bond acceptors (Lipinski definition) is 5. The number of alkyl halides is 6. The Morgan fingerprint density at radius 3 is 2.60 bits per heavy atom. The molecule has 1 atom stereocenters. The first-order chi connectivity index (χ1) is 18.8. The molecule has 3 heterocycles. The molecule has 4 rings (SSSR count). The maximum absolute atomic E-state index is 13.1. The topological polar surface area (TPSA) is 98.1 Å². The fraction of sp³-hybridized carbons (Fsp3) is 0.385. The summed E-state index contributed by atoms with van der Waals surface area (Å²) < 4.78 is 81.2. The van der Waals surface area contributed by atoms with Gasteiger partial charge in [-0.05, 0) is 49.1 Å². The number of fused-ring (bicyclic) bond motifs is 1. The number of aromatic nitrogens is 3. The van der Waals surface area contributed by atoms with Crippen LogP contribution >= 0.6 is 0 Å². The molecule has 0 fully saturated rings. The maximum atomic E-state index is 13.1. The van der Waals surface area contributed by atoms with Crippen LogP contribution in [0.25, 0.3) is 5.82 Å². The van der Waals surface area contributed by atoms with Crippen LogP contribution in [0.15, 0.2) is 42.6 Å². The molecule has 1 unspecified atom stereocenters. The molecule has 1 aliphatic rings. The molecule has 0 bridgehead atoms. The number of halogens is 6. The molecule has 1 aliphatic heterocycles. The number of pyridine rings is 1. The second-order valence-electron chi connectivity index (χ2n) is 9.36. The van der Waals surface area contributed by atoms with E-state index < -0.39 is 49.8 Å². The molecule has 0 spiro atoms. The van der Waals surface area contributed by atoms with Gasteiger partial charge in [-0.25, -0.2) is 9.67 Å². The molecule has 40 heavy (non-hydrogen) atoms. The summed E-state index contributed by atoms with van der Waals surface area (Å²) in [6.45, 7) is -0.298. The highest BCUT2D eigenvalue weighted by atomic mass is 19.4. The Labute approximate surface area is 224 Å². The Bertz CT molecular complexity index is 1370. The minimum atomic E-state index is -4.47. The lowest BCUT2D eigenvalue weighted by molar-refractivity contribution is -0.153. The normalized spacial score (nSPS) is 15.4. The van der Waals surface area contributed by atoms with E-state index >= 15 is 0 Å². The molecule has 2 aromatic heterocycles. The molecular weight excluding hydrogens is 544 g/mol. The first-order valence-corrected chi connectivity index (χ1v) is 12.3. The Hall–Kier alpha value is -4.10. The van der Waals surface area contributed by atoms with Gasteiger partial charge in [-0.2, -0.15) is 31.4 Å². The molecule has 0 aliphatic carbocycles. The van der Waals surface area contributed by atoms with Crippen molar-refractivity contribution in [2.45, 2.75) is 51.0 Å². The number of hydrogen-bond donors (Lipinski definition) is 2. The quantitative estimate of drug-likeness (QED) is 0.371. The van der Waals surface area contributed by atoms with Crippen LogP contribution in [0.2, 0.25) is 0 Å². The first kappa shape index (κ1) is 28.9. The number of nitrogens with one attached hydrogen (secondary N) is 2. The highest BCUT2D eigenvalue weighted by Gasteiger charge is 2.35. The zero-order chi connectivity index (χ0) is 29.1. The summed E-state index contributed by atoms with van der Waals surface area (Å²) in [7, 11) is 0. The number of ether oxygens (including phenoxy) is 1. The van der Waals surface area contributed by atoms with Gasteiger partial charge in [0.25, 0.3) is 11.8 Å². The van der Waals surface area contributed by atoms with Gasteiger partial charge in [-0.15, -0.1) is 0 Å². The van der Waals surface area contributed by atoms with Gasteiger partial charge in [0.2, 0.25) is 0 Å². The zero-order valence-electron chi connectivity index (χ0n) is 21.2. The van der Waals surface area contributed by atoms with Gasteiger partial charge in [0.05, 0.1) is 17.7 Å². The van der Waals surface area contributed by atoms with Crippen molar-refractivity contribution < 1.29 is 40.7 Å². The Balaban J connectivity index is 1.53. The lowest BCUT2D eigenvalue weighted by Crippen LogP contribution is -2.42. The lowest BCUT2D eigenvalue weighted by atomic mass is 9.95. The largest absolute Gasteiger partial charge is 0.484 e. The second-order valence-corrected chi connectivity index (χ2v) is 9.36. The van der Waals surface area contributed by atoms with Crippen molar-refractivity contribution in [3.63, 3.8) is 0 Å². The summed E-state index contributed by atoms with van der Waals surface area (Å²) in [6, 6.07) is 9.05. The van der Waals surface area contributed by atoms with Gasteiger partial charge in [-0.3, -0.25) is 9.59 Å². The van der Waals surface area contributed by atoms with Gasteiger partial charge < -0.3 is 15.4 Å². The van der Waals surface area contributed by atoms with E-state index in [0.29, 0.717) is 18.4 Å². The third-order valence-electron chi connectivity index (χ3n) is 6.06. The fourth-order valence-corrected chi connectivity index (χ4v) is 4.22. The van der Waals surface area contributed by atoms with E-state index in [2.05, 4.69) is 20.7 Å². The molecule has 14 heteroatoms. The number of carbonyl (C=O) groups is 2. The molecular formula is C26H25F6N5O3. The van der Waals surface area contributed by atoms with Crippen molar-refractivity contribution in [3.05, 3.63) is 70.7 Å². The van der Waals surface area contributed by atoms with Crippen LogP contribution in [-0.2, 0) is 12.8 Å². The SMILES string of the molecule is Cc1ccc(-n2nc3c(c2C(=O)NCCC(F)(F)F)C(=O)NC(CCc2cccc(OCC(F)(F)F)c2)C3)nc1. The van der Waals surface area contributed by atoms with E-state index in [0.717, 1.165) is 10.2 Å². The van der Waals surface area contributed by atoms with Gasteiger partial charge in [0, 0.05) is 25.2 Å². The van der Waals surface area contributed by atoms with Crippen molar-refractivity contribution >= 4 is 11.8 Å². The number of amides is 2. The predicted molar refractivity (Wildman–Crippen MR) is 130 cm³/mol. The van der Waals surface area contributed by atoms with E-state index in [1.165, 1.54) is 18.3 Å². The molecule has 8 nitrogen and oxygen atoms in total. The van der Waals surface area contributed by atoms with Crippen molar-refractivity contribution in [3.8, 4) is 11.6 Å². The van der Waals surface area contributed by atoms with Crippen LogP contribution in [0.5, 0.6) is 5.75 Å². The second kappa shape index (κ2) is 11.6. The molecule has 0 radical (unpaired) electrons. The van der Waals surface area contributed by atoms with E-state index in [9.17, 15) is 35.9 Å². The van der Waals surface area contributed by atoms with Crippen molar-refractivity contribution in [2.75, 3.05) is 13.2 Å². The van der Waals surface area contributed by atoms with Crippen LogP contribution in [0, 0.1) is 6.92 Å². The summed E-state index contributed by atoms with van der Waals surface area (Å²) >= 11 is 0. The van der Waals surface area contributed by atoms with Crippen LogP contribution in [0.4, 0.5) is 26.3 Å². The summed E-state index contributed by atoms with van der Waals surface area (Å²) in [5.74, 6) is -1.24. The van der Waals surface area contributed by atoms with E-state index in [1.807, 2.05) is 0 Å². The van der Waals surface area contributed by atoms with Crippen LogP contribution in [0.1, 0.15) is 50.5 Å². The lowest BCUT2D eigenvalue weighted by Gasteiger charge is -2.23. The minimum absolute atomic E-state index is 0.0503. The third-order valence-corrected chi connectivity index (χ3v) is 6.06. The standard InChI is InChI=1S/C26H25F6N5O3/c1-15-5-8-20(34-13-15)37-22(24(39)33-10-9-25(27,28)29)21-19(36-37)12-17(35-23(21)38)7-6-16-3-2-4-18(11-16)40-14-26(30,31)32/h2-5,8,11,13,17H,6-7,9-10,12,14H2,1H3,(H,33,39)(H,35,38). The molecule has 0 saturated heterocycles. The van der Waals surface area contributed by atoms with Gasteiger partial charge >= 0.3 is 12.4 Å². The smallest absolute Gasteiger partial charge is 0.422 e. The monoisotopic (exact) mass is 569 g/mol. The molecule has 3 aromatic rings. The van der Waals surface area contributed by atoms with Crippen LogP contribution in [-0.4, -0.2) is 58.1 Å². The predicted octanol–water partition coefficient (Wildman–Crippen LogP) is 4.49. The van der Waals surface area contributed by atoms with E-state index in [4.69, 9.17) is 4.74 Å². The Kier molecular flexibility index (Phi) is 8.35. The summed E-state index contributed by atoms with van der Waals surface area (Å²) in [6.07, 6.45) is -7.64. The Morgan fingerprint density at radius 1 is 1.15 bits per heavy atom. The number of aryl methyl sites for hydroxylation is 2. The molecule has 2 amide bonds. The summed E-state index contributed by atoms with van der Waals surface area (Å²) in [4.78, 5) is 30.3. The number of nitrogens with zero attached hydrogens (tertiary/aromatic N) is 3. The van der Waals surface area contributed by atoms with Gasteiger partial charge in [-0.1, -0.05) is 18.2 Å². The highest BCUT2D eigenvalue weighted by molar-refractivity contribution is 6.08. The summed E-state index contributed by atoms with van der Waals surface area (Å²) in [5.41, 5.74) is 1.52. The average Bonchev–Trinajstić information content (AvgIpc) is 3.26.